The zero-order valence-electron chi connectivity index (χ0n) is 12.1. The molecule has 0 aliphatic heterocycles. The molecule has 110 valence electrons. The zero-order valence-corrected chi connectivity index (χ0v) is 12.1. The van der Waals surface area contributed by atoms with Crippen LogP contribution in [0.2, 0.25) is 0 Å². The molecule has 5 nitrogen and oxygen atoms in total. The second kappa shape index (κ2) is 5.31. The lowest BCUT2D eigenvalue weighted by molar-refractivity contribution is 0.243. The van der Waals surface area contributed by atoms with E-state index in [1.165, 1.54) is 0 Å². The molecule has 1 aromatic carbocycles. The van der Waals surface area contributed by atoms with Gasteiger partial charge in [-0.05, 0) is 62.4 Å². The highest BCUT2D eigenvalue weighted by molar-refractivity contribution is 5.93. The Morgan fingerprint density at radius 3 is 2.57 bits per heavy atom. The molecule has 0 atom stereocenters. The van der Waals surface area contributed by atoms with Crippen molar-refractivity contribution in [3.8, 4) is 5.75 Å². The summed E-state index contributed by atoms with van der Waals surface area (Å²) in [5.41, 5.74) is 1.70. The van der Waals surface area contributed by atoms with E-state index in [0.29, 0.717) is 5.75 Å². The second-order valence-electron chi connectivity index (χ2n) is 5.60. The molecule has 5 heteroatoms. The van der Waals surface area contributed by atoms with Crippen LogP contribution in [0.4, 0.5) is 5.69 Å². The van der Waals surface area contributed by atoms with Crippen LogP contribution in [0.1, 0.15) is 37.8 Å². The molecular weight excluding hydrogens is 270 g/mol. The van der Waals surface area contributed by atoms with Crippen molar-refractivity contribution in [1.29, 1.82) is 0 Å². The number of hydrogen-bond donors (Lipinski definition) is 0. The van der Waals surface area contributed by atoms with Gasteiger partial charge in [0.15, 0.2) is 17.0 Å². The van der Waals surface area contributed by atoms with E-state index in [9.17, 15) is 9.70 Å². The predicted octanol–water partition coefficient (Wildman–Crippen LogP) is 3.86. The fourth-order valence-electron chi connectivity index (χ4n) is 2.91. The van der Waals surface area contributed by atoms with Gasteiger partial charge in [0, 0.05) is 10.9 Å². The SMILES string of the molecule is CC(C)Oc1ccc2c3c(c(=O)oc2c1N=O)CCCC3. The Hall–Kier alpha value is -2.17. The van der Waals surface area contributed by atoms with E-state index in [-0.39, 0.29) is 23.0 Å². The first-order valence-electron chi connectivity index (χ1n) is 7.23. The Labute approximate surface area is 121 Å². The number of fused-ring (bicyclic) bond motifs is 3. The molecule has 1 heterocycles. The number of ether oxygens (including phenoxy) is 1. The molecule has 0 N–H and O–H groups in total. The number of rotatable bonds is 3. The van der Waals surface area contributed by atoms with Crippen molar-refractivity contribution in [2.45, 2.75) is 45.6 Å². The minimum atomic E-state index is -0.358. The van der Waals surface area contributed by atoms with Crippen molar-refractivity contribution >= 4 is 16.7 Å². The van der Waals surface area contributed by atoms with Crippen LogP contribution in [0.5, 0.6) is 5.75 Å². The van der Waals surface area contributed by atoms with Gasteiger partial charge in [-0.15, -0.1) is 4.91 Å². The molecule has 1 aliphatic carbocycles. The molecule has 0 spiro atoms. The molecule has 0 saturated carbocycles. The van der Waals surface area contributed by atoms with E-state index in [1.807, 2.05) is 19.9 Å². The summed E-state index contributed by atoms with van der Waals surface area (Å²) < 4.78 is 10.9. The highest BCUT2D eigenvalue weighted by Gasteiger charge is 2.22. The van der Waals surface area contributed by atoms with Crippen molar-refractivity contribution in [3.63, 3.8) is 0 Å². The van der Waals surface area contributed by atoms with Gasteiger partial charge in [-0.1, -0.05) is 0 Å². The maximum absolute atomic E-state index is 12.1. The van der Waals surface area contributed by atoms with Crippen LogP contribution in [0.3, 0.4) is 0 Å². The van der Waals surface area contributed by atoms with E-state index >= 15 is 0 Å². The maximum atomic E-state index is 12.1. The Morgan fingerprint density at radius 1 is 1.19 bits per heavy atom. The summed E-state index contributed by atoms with van der Waals surface area (Å²) in [6, 6.07) is 3.59. The maximum Gasteiger partial charge on any atom is 0.339 e. The fourth-order valence-corrected chi connectivity index (χ4v) is 2.91. The Morgan fingerprint density at radius 2 is 1.90 bits per heavy atom. The van der Waals surface area contributed by atoms with E-state index < -0.39 is 0 Å². The lowest BCUT2D eigenvalue weighted by Crippen LogP contribution is -2.16. The third-order valence-corrected chi connectivity index (χ3v) is 3.78. The third-order valence-electron chi connectivity index (χ3n) is 3.78. The summed E-state index contributed by atoms with van der Waals surface area (Å²) in [5.74, 6) is 0.353. The molecule has 2 aromatic rings. The van der Waals surface area contributed by atoms with Gasteiger partial charge < -0.3 is 9.15 Å². The highest BCUT2D eigenvalue weighted by Crippen LogP contribution is 2.38. The van der Waals surface area contributed by atoms with Crippen molar-refractivity contribution < 1.29 is 9.15 Å². The first-order chi connectivity index (χ1) is 10.1. The standard InChI is InChI=1S/C16H17NO4/c1-9(2)20-13-8-7-11-10-5-3-4-6-12(10)16(18)21-15(11)14(13)17-19/h7-9H,3-6H2,1-2H3. The van der Waals surface area contributed by atoms with Crippen LogP contribution < -0.4 is 10.4 Å². The molecular formula is C16H17NO4. The molecule has 3 rings (SSSR count). The van der Waals surface area contributed by atoms with Gasteiger partial charge >= 0.3 is 5.63 Å². The van der Waals surface area contributed by atoms with Crippen LogP contribution >= 0.6 is 0 Å². The van der Waals surface area contributed by atoms with Crippen LogP contribution in [0.25, 0.3) is 11.0 Å². The number of hydrogen-bond acceptors (Lipinski definition) is 5. The van der Waals surface area contributed by atoms with E-state index in [1.54, 1.807) is 6.07 Å². The number of nitrogens with zero attached hydrogens (tertiary/aromatic N) is 1. The number of aryl methyl sites for hydroxylation is 1. The summed E-state index contributed by atoms with van der Waals surface area (Å²) in [4.78, 5) is 23.3. The highest BCUT2D eigenvalue weighted by atomic mass is 16.5. The number of nitroso groups, excluding NO2 is 1. The average Bonchev–Trinajstić information content (AvgIpc) is 2.47. The Balaban J connectivity index is 2.31. The summed E-state index contributed by atoms with van der Waals surface area (Å²) >= 11 is 0. The second-order valence-corrected chi connectivity index (χ2v) is 5.60. The van der Waals surface area contributed by atoms with Crippen molar-refractivity contribution in [2.75, 3.05) is 0 Å². The molecule has 0 bridgehead atoms. The van der Waals surface area contributed by atoms with Crippen LogP contribution in [-0.2, 0) is 12.8 Å². The monoisotopic (exact) mass is 287 g/mol. The molecule has 1 aromatic heterocycles. The van der Waals surface area contributed by atoms with Crippen molar-refractivity contribution in [3.05, 3.63) is 38.6 Å². The topological polar surface area (TPSA) is 68.9 Å². The van der Waals surface area contributed by atoms with Gasteiger partial charge in [-0.2, -0.15) is 0 Å². The van der Waals surface area contributed by atoms with Gasteiger partial charge in [0.1, 0.15) is 0 Å². The van der Waals surface area contributed by atoms with Crippen LogP contribution in [0.15, 0.2) is 26.5 Å². The predicted molar refractivity (Wildman–Crippen MR) is 80.3 cm³/mol. The Bertz CT molecular complexity index is 761. The molecule has 1 aliphatic rings. The van der Waals surface area contributed by atoms with Gasteiger partial charge in [0.05, 0.1) is 6.10 Å². The lowest BCUT2D eigenvalue weighted by atomic mass is 9.90. The average molecular weight is 287 g/mol. The smallest absolute Gasteiger partial charge is 0.339 e. The summed E-state index contributed by atoms with van der Waals surface area (Å²) in [6.45, 7) is 3.73. The first-order valence-corrected chi connectivity index (χ1v) is 7.23. The van der Waals surface area contributed by atoms with E-state index in [0.717, 1.165) is 42.2 Å². The van der Waals surface area contributed by atoms with Crippen LogP contribution in [-0.4, -0.2) is 6.10 Å². The quantitative estimate of drug-likeness (QED) is 0.635. The summed E-state index contributed by atoms with van der Waals surface area (Å²) in [6.07, 6.45) is 3.52. The van der Waals surface area contributed by atoms with E-state index in [2.05, 4.69) is 5.18 Å². The molecule has 21 heavy (non-hydrogen) atoms. The minimum Gasteiger partial charge on any atom is -0.488 e. The molecule has 0 amide bonds. The molecule has 0 saturated heterocycles. The van der Waals surface area contributed by atoms with Gasteiger partial charge in [-0.3, -0.25) is 0 Å². The fraction of sp³-hybridized carbons (Fsp3) is 0.438. The zero-order chi connectivity index (χ0) is 15.0. The van der Waals surface area contributed by atoms with Gasteiger partial charge in [0.2, 0.25) is 0 Å². The van der Waals surface area contributed by atoms with Crippen molar-refractivity contribution in [1.82, 2.24) is 0 Å². The summed E-state index contributed by atoms with van der Waals surface area (Å²) in [7, 11) is 0. The molecule has 0 fully saturated rings. The summed E-state index contributed by atoms with van der Waals surface area (Å²) in [5, 5.41) is 3.84. The largest absolute Gasteiger partial charge is 0.488 e. The lowest BCUT2D eigenvalue weighted by Gasteiger charge is -2.17. The Kier molecular flexibility index (Phi) is 3.49. The normalized spacial score (nSPS) is 14.2. The van der Waals surface area contributed by atoms with E-state index in [4.69, 9.17) is 9.15 Å². The van der Waals surface area contributed by atoms with Gasteiger partial charge in [-0.25, -0.2) is 4.79 Å². The minimum absolute atomic E-state index is 0.0756. The third kappa shape index (κ3) is 2.33. The number of benzene rings is 1. The molecule has 0 unspecified atom stereocenters. The van der Waals surface area contributed by atoms with Crippen LogP contribution in [0, 0.1) is 4.91 Å². The molecule has 0 radical (unpaired) electrons. The van der Waals surface area contributed by atoms with Gasteiger partial charge in [0.25, 0.3) is 0 Å². The van der Waals surface area contributed by atoms with Crippen molar-refractivity contribution in [2.24, 2.45) is 5.18 Å². The first kappa shape index (κ1) is 13.8.